The lowest BCUT2D eigenvalue weighted by Gasteiger charge is -2.02. The zero-order chi connectivity index (χ0) is 16.6. The highest BCUT2D eigenvalue weighted by atomic mass is 79.9. The van der Waals surface area contributed by atoms with Crippen molar-refractivity contribution in [3.63, 3.8) is 0 Å². The molecule has 0 aliphatic carbocycles. The Labute approximate surface area is 149 Å². The highest BCUT2D eigenvalue weighted by Gasteiger charge is 2.26. The highest BCUT2D eigenvalue weighted by Crippen LogP contribution is 2.27. The molecule has 116 valence electrons. The van der Waals surface area contributed by atoms with Gasteiger partial charge >= 0.3 is 5.97 Å². The Bertz CT molecular complexity index is 880. The maximum absolute atomic E-state index is 13.8. The fraction of sp³-hybridized carbons (Fsp3) is 0. The normalized spacial score (nSPS) is 15.7. The van der Waals surface area contributed by atoms with E-state index in [2.05, 4.69) is 20.9 Å². The second kappa shape index (κ2) is 6.43. The van der Waals surface area contributed by atoms with Crippen molar-refractivity contribution in [1.29, 1.82) is 0 Å². The van der Waals surface area contributed by atoms with Crippen LogP contribution in [0.25, 0.3) is 6.08 Å². The van der Waals surface area contributed by atoms with E-state index in [9.17, 15) is 9.18 Å². The first-order valence-corrected chi connectivity index (χ1v) is 7.92. The molecule has 1 aliphatic rings. The SMILES string of the molecule is O=C1OC(c2ccc(Cl)cc2Cl)=N/C1=C\c1cc(Br)ccc1F. The van der Waals surface area contributed by atoms with Crippen LogP contribution in [0.2, 0.25) is 10.0 Å². The van der Waals surface area contributed by atoms with Crippen LogP contribution in [0.15, 0.2) is 51.6 Å². The van der Waals surface area contributed by atoms with E-state index in [0.29, 0.717) is 20.1 Å². The molecular formula is C16H7BrCl2FNO2. The van der Waals surface area contributed by atoms with Crippen molar-refractivity contribution >= 4 is 57.1 Å². The predicted molar refractivity (Wildman–Crippen MR) is 91.2 cm³/mol. The van der Waals surface area contributed by atoms with Gasteiger partial charge in [-0.05, 0) is 42.5 Å². The van der Waals surface area contributed by atoms with Crippen molar-refractivity contribution < 1.29 is 13.9 Å². The van der Waals surface area contributed by atoms with Crippen molar-refractivity contribution in [3.05, 3.63) is 73.6 Å². The Kier molecular flexibility index (Phi) is 4.53. The third-order valence-corrected chi connectivity index (χ3v) is 4.07. The van der Waals surface area contributed by atoms with E-state index in [1.807, 2.05) is 0 Å². The van der Waals surface area contributed by atoms with Crippen molar-refractivity contribution in [2.75, 3.05) is 0 Å². The number of hydrogen-bond acceptors (Lipinski definition) is 3. The number of aliphatic imine (C=N–C) groups is 1. The van der Waals surface area contributed by atoms with Crippen molar-refractivity contribution in [1.82, 2.24) is 0 Å². The highest BCUT2D eigenvalue weighted by molar-refractivity contribution is 9.10. The van der Waals surface area contributed by atoms with Gasteiger partial charge in [0.05, 0.1) is 10.6 Å². The summed E-state index contributed by atoms with van der Waals surface area (Å²) in [5, 5.41) is 0.759. The van der Waals surface area contributed by atoms with E-state index in [1.165, 1.54) is 18.2 Å². The fourth-order valence-electron chi connectivity index (χ4n) is 1.96. The summed E-state index contributed by atoms with van der Waals surface area (Å²) in [5.41, 5.74) is 0.643. The van der Waals surface area contributed by atoms with Gasteiger partial charge in [-0.3, -0.25) is 0 Å². The summed E-state index contributed by atoms with van der Waals surface area (Å²) in [7, 11) is 0. The van der Waals surface area contributed by atoms with Crippen molar-refractivity contribution in [2.45, 2.75) is 0 Å². The minimum absolute atomic E-state index is 0.0111. The molecule has 1 aliphatic heterocycles. The van der Waals surface area contributed by atoms with Gasteiger partial charge < -0.3 is 4.74 Å². The zero-order valence-corrected chi connectivity index (χ0v) is 14.4. The number of halogens is 4. The summed E-state index contributed by atoms with van der Waals surface area (Å²) in [5.74, 6) is -1.09. The second-order valence-corrected chi connectivity index (χ2v) is 6.39. The molecule has 2 aromatic carbocycles. The van der Waals surface area contributed by atoms with Crippen LogP contribution in [-0.4, -0.2) is 11.9 Å². The number of rotatable bonds is 2. The molecule has 0 atom stereocenters. The molecule has 23 heavy (non-hydrogen) atoms. The van der Waals surface area contributed by atoms with Gasteiger partial charge in [-0.15, -0.1) is 0 Å². The lowest BCUT2D eigenvalue weighted by Crippen LogP contribution is -2.06. The summed E-state index contributed by atoms with van der Waals surface area (Å²) in [6.07, 6.45) is 1.32. The monoisotopic (exact) mass is 413 g/mol. The Balaban J connectivity index is 2.01. The number of carbonyl (C=O) groups excluding carboxylic acids is 1. The molecule has 0 saturated heterocycles. The molecule has 0 bridgehead atoms. The van der Waals surface area contributed by atoms with Gasteiger partial charge in [0, 0.05) is 15.1 Å². The molecular weight excluding hydrogens is 408 g/mol. The predicted octanol–water partition coefficient (Wildman–Crippen LogP) is 5.24. The summed E-state index contributed by atoms with van der Waals surface area (Å²) < 4.78 is 19.6. The molecule has 3 nitrogen and oxygen atoms in total. The molecule has 0 N–H and O–H groups in total. The third kappa shape index (κ3) is 3.47. The lowest BCUT2D eigenvalue weighted by atomic mass is 10.2. The van der Waals surface area contributed by atoms with Crippen LogP contribution < -0.4 is 0 Å². The standard InChI is InChI=1S/C16H7BrCl2FNO2/c17-9-1-4-13(20)8(5-9)6-14-16(22)23-15(21-14)11-3-2-10(18)7-12(11)19/h1-7H/b14-6-. The number of nitrogens with zero attached hydrogens (tertiary/aromatic N) is 1. The minimum atomic E-state index is -0.676. The molecule has 0 saturated carbocycles. The number of benzene rings is 2. The molecule has 0 radical (unpaired) electrons. The maximum atomic E-state index is 13.8. The largest absolute Gasteiger partial charge is 0.402 e. The first-order chi connectivity index (χ1) is 10.9. The Morgan fingerprint density at radius 3 is 2.70 bits per heavy atom. The Morgan fingerprint density at radius 2 is 1.96 bits per heavy atom. The number of hydrogen-bond donors (Lipinski definition) is 0. The fourth-order valence-corrected chi connectivity index (χ4v) is 2.83. The molecule has 0 unspecified atom stereocenters. The molecule has 1 heterocycles. The van der Waals surface area contributed by atoms with Crippen LogP contribution in [0, 0.1) is 5.82 Å². The lowest BCUT2D eigenvalue weighted by molar-refractivity contribution is -0.129. The van der Waals surface area contributed by atoms with E-state index < -0.39 is 11.8 Å². The smallest absolute Gasteiger partial charge is 0.363 e. The number of carbonyl (C=O) groups is 1. The molecule has 0 spiro atoms. The van der Waals surface area contributed by atoms with Gasteiger partial charge in [0.25, 0.3) is 0 Å². The van der Waals surface area contributed by atoms with Gasteiger partial charge in [0.1, 0.15) is 5.82 Å². The zero-order valence-electron chi connectivity index (χ0n) is 11.3. The molecule has 0 aromatic heterocycles. The van der Waals surface area contributed by atoms with E-state index in [0.717, 1.165) is 0 Å². The third-order valence-electron chi connectivity index (χ3n) is 3.03. The molecule has 3 rings (SSSR count). The maximum Gasteiger partial charge on any atom is 0.363 e. The van der Waals surface area contributed by atoms with Crippen LogP contribution >= 0.6 is 39.1 Å². The van der Waals surface area contributed by atoms with Crippen LogP contribution in [0.1, 0.15) is 11.1 Å². The average Bonchev–Trinajstić information content (AvgIpc) is 2.84. The first kappa shape index (κ1) is 16.2. The van der Waals surface area contributed by atoms with Crippen LogP contribution in [-0.2, 0) is 9.53 Å². The van der Waals surface area contributed by atoms with Gasteiger partial charge in [-0.25, -0.2) is 14.2 Å². The van der Waals surface area contributed by atoms with Crippen LogP contribution in [0.4, 0.5) is 4.39 Å². The second-order valence-electron chi connectivity index (χ2n) is 4.63. The molecule has 0 fully saturated rings. The van der Waals surface area contributed by atoms with E-state index in [1.54, 1.807) is 24.3 Å². The summed E-state index contributed by atoms with van der Waals surface area (Å²) in [6.45, 7) is 0. The molecule has 2 aromatic rings. The minimum Gasteiger partial charge on any atom is -0.402 e. The van der Waals surface area contributed by atoms with E-state index in [-0.39, 0.29) is 17.2 Å². The van der Waals surface area contributed by atoms with E-state index >= 15 is 0 Å². The Morgan fingerprint density at radius 1 is 1.17 bits per heavy atom. The van der Waals surface area contributed by atoms with Crippen LogP contribution in [0.5, 0.6) is 0 Å². The summed E-state index contributed by atoms with van der Waals surface area (Å²) in [6, 6.07) is 9.11. The Hall–Kier alpha value is -1.69. The van der Waals surface area contributed by atoms with Gasteiger partial charge in [-0.1, -0.05) is 39.1 Å². The topological polar surface area (TPSA) is 38.7 Å². The van der Waals surface area contributed by atoms with Gasteiger partial charge in [-0.2, -0.15) is 0 Å². The summed E-state index contributed by atoms with van der Waals surface area (Å²) >= 11 is 15.1. The molecule has 0 amide bonds. The van der Waals surface area contributed by atoms with Crippen molar-refractivity contribution in [2.24, 2.45) is 4.99 Å². The van der Waals surface area contributed by atoms with Gasteiger partial charge in [0.2, 0.25) is 5.90 Å². The average molecular weight is 415 g/mol. The van der Waals surface area contributed by atoms with Crippen molar-refractivity contribution in [3.8, 4) is 0 Å². The molecule has 7 heteroatoms. The van der Waals surface area contributed by atoms with Crippen LogP contribution in [0.3, 0.4) is 0 Å². The first-order valence-electron chi connectivity index (χ1n) is 6.37. The van der Waals surface area contributed by atoms with E-state index in [4.69, 9.17) is 27.9 Å². The number of esters is 1. The quantitative estimate of drug-likeness (QED) is 0.497. The summed E-state index contributed by atoms with van der Waals surface area (Å²) in [4.78, 5) is 16.0. The number of cyclic esters (lactones) is 1. The van der Waals surface area contributed by atoms with Gasteiger partial charge in [0.15, 0.2) is 5.70 Å². The number of ether oxygens (including phenoxy) is 1.